The number of hydrogen-bond donors (Lipinski definition) is 1. The SMILES string of the molecule is CCNCCn1nnnc1SCCc1ccnn1C. The highest BCUT2D eigenvalue weighted by molar-refractivity contribution is 7.99. The maximum Gasteiger partial charge on any atom is 0.209 e. The van der Waals surface area contributed by atoms with Crippen molar-refractivity contribution in [2.75, 3.05) is 18.8 Å². The Morgan fingerprint density at radius 3 is 3.05 bits per heavy atom. The topological polar surface area (TPSA) is 73.5 Å². The van der Waals surface area contributed by atoms with Gasteiger partial charge in [-0.25, -0.2) is 4.68 Å². The molecule has 0 aliphatic heterocycles. The molecule has 0 saturated carbocycles. The van der Waals surface area contributed by atoms with Crippen molar-refractivity contribution < 1.29 is 0 Å². The molecule has 0 aliphatic rings. The summed E-state index contributed by atoms with van der Waals surface area (Å²) in [6.07, 6.45) is 2.78. The van der Waals surface area contributed by atoms with E-state index in [9.17, 15) is 0 Å². The highest BCUT2D eigenvalue weighted by atomic mass is 32.2. The van der Waals surface area contributed by atoms with Crippen molar-refractivity contribution in [2.45, 2.75) is 25.0 Å². The van der Waals surface area contributed by atoms with Crippen LogP contribution in [0.3, 0.4) is 0 Å². The molecule has 0 aromatic carbocycles. The van der Waals surface area contributed by atoms with Crippen LogP contribution < -0.4 is 5.32 Å². The van der Waals surface area contributed by atoms with E-state index in [0.29, 0.717) is 0 Å². The van der Waals surface area contributed by atoms with Crippen LogP contribution in [0.5, 0.6) is 0 Å². The summed E-state index contributed by atoms with van der Waals surface area (Å²) in [7, 11) is 1.96. The van der Waals surface area contributed by atoms with Crippen LogP contribution in [-0.4, -0.2) is 48.8 Å². The van der Waals surface area contributed by atoms with Crippen molar-refractivity contribution in [1.82, 2.24) is 35.3 Å². The van der Waals surface area contributed by atoms with Crippen LogP contribution in [0, 0.1) is 0 Å². The Morgan fingerprint density at radius 2 is 2.32 bits per heavy atom. The van der Waals surface area contributed by atoms with Crippen molar-refractivity contribution in [3.8, 4) is 0 Å². The number of likely N-dealkylation sites (N-methyl/N-ethyl adjacent to an activating group) is 1. The Labute approximate surface area is 116 Å². The van der Waals surface area contributed by atoms with E-state index in [1.54, 1.807) is 11.8 Å². The zero-order valence-electron chi connectivity index (χ0n) is 11.3. The minimum absolute atomic E-state index is 0.800. The van der Waals surface area contributed by atoms with Crippen LogP contribution in [0.1, 0.15) is 12.6 Å². The minimum atomic E-state index is 0.800. The summed E-state index contributed by atoms with van der Waals surface area (Å²) in [5.74, 6) is 0.946. The van der Waals surface area contributed by atoms with Crippen molar-refractivity contribution in [3.05, 3.63) is 18.0 Å². The molecule has 7 nitrogen and oxygen atoms in total. The number of nitrogens with one attached hydrogen (secondary N) is 1. The Bertz CT molecular complexity index is 493. The lowest BCUT2D eigenvalue weighted by molar-refractivity contribution is 0.517. The van der Waals surface area contributed by atoms with E-state index in [4.69, 9.17) is 0 Å². The number of rotatable bonds is 8. The van der Waals surface area contributed by atoms with E-state index >= 15 is 0 Å². The van der Waals surface area contributed by atoms with Gasteiger partial charge in [0.1, 0.15) is 0 Å². The van der Waals surface area contributed by atoms with Gasteiger partial charge in [-0.2, -0.15) is 5.10 Å². The Hall–Kier alpha value is -1.41. The Morgan fingerprint density at radius 1 is 1.42 bits per heavy atom. The molecular formula is C11H19N7S. The average molecular weight is 281 g/mol. The molecule has 0 unspecified atom stereocenters. The van der Waals surface area contributed by atoms with E-state index in [1.807, 2.05) is 28.7 Å². The zero-order valence-corrected chi connectivity index (χ0v) is 12.1. The monoisotopic (exact) mass is 281 g/mol. The molecule has 0 saturated heterocycles. The molecule has 0 spiro atoms. The van der Waals surface area contributed by atoms with E-state index < -0.39 is 0 Å². The molecule has 0 fully saturated rings. The number of aromatic nitrogens is 6. The molecule has 1 N–H and O–H groups in total. The van der Waals surface area contributed by atoms with Gasteiger partial charge in [-0.1, -0.05) is 18.7 Å². The van der Waals surface area contributed by atoms with Gasteiger partial charge in [-0.3, -0.25) is 4.68 Å². The Balaban J connectivity index is 1.79. The molecule has 8 heteroatoms. The summed E-state index contributed by atoms with van der Waals surface area (Å²) in [5.41, 5.74) is 1.22. The zero-order chi connectivity index (χ0) is 13.5. The Kier molecular flexibility index (Phi) is 5.34. The lowest BCUT2D eigenvalue weighted by atomic mass is 10.3. The summed E-state index contributed by atoms with van der Waals surface area (Å²) in [5, 5.41) is 20.1. The summed E-state index contributed by atoms with van der Waals surface area (Å²) < 4.78 is 3.74. The van der Waals surface area contributed by atoms with Crippen LogP contribution in [0.15, 0.2) is 17.4 Å². The minimum Gasteiger partial charge on any atom is -0.315 e. The van der Waals surface area contributed by atoms with Gasteiger partial charge in [-0.05, 0) is 29.5 Å². The molecular weight excluding hydrogens is 262 g/mol. The third-order valence-corrected chi connectivity index (χ3v) is 3.72. The molecule has 2 aromatic rings. The van der Waals surface area contributed by atoms with Gasteiger partial charge in [0.25, 0.3) is 0 Å². The lowest BCUT2D eigenvalue weighted by Gasteiger charge is -2.05. The molecule has 2 heterocycles. The quantitative estimate of drug-likeness (QED) is 0.556. The fraction of sp³-hybridized carbons (Fsp3) is 0.636. The second-order valence-corrected chi connectivity index (χ2v) is 5.14. The number of hydrogen-bond acceptors (Lipinski definition) is 6. The number of aryl methyl sites for hydroxylation is 2. The first-order valence-electron chi connectivity index (χ1n) is 6.38. The van der Waals surface area contributed by atoms with E-state index in [-0.39, 0.29) is 0 Å². The molecule has 2 aromatic heterocycles. The molecule has 2 rings (SSSR count). The average Bonchev–Trinajstić information content (AvgIpc) is 3.00. The first-order chi connectivity index (χ1) is 9.31. The maximum absolute atomic E-state index is 4.15. The van der Waals surface area contributed by atoms with Gasteiger partial charge in [0.15, 0.2) is 0 Å². The summed E-state index contributed by atoms with van der Waals surface area (Å²) in [6.45, 7) is 4.74. The number of nitrogens with zero attached hydrogens (tertiary/aromatic N) is 6. The molecule has 19 heavy (non-hydrogen) atoms. The first-order valence-corrected chi connectivity index (χ1v) is 7.36. The number of thioether (sulfide) groups is 1. The normalized spacial score (nSPS) is 11.1. The maximum atomic E-state index is 4.15. The molecule has 104 valence electrons. The van der Waals surface area contributed by atoms with Crippen LogP contribution in [-0.2, 0) is 20.0 Å². The van der Waals surface area contributed by atoms with E-state index in [2.05, 4.69) is 32.9 Å². The van der Waals surface area contributed by atoms with Crippen molar-refractivity contribution in [3.63, 3.8) is 0 Å². The smallest absolute Gasteiger partial charge is 0.209 e. The highest BCUT2D eigenvalue weighted by Gasteiger charge is 2.07. The predicted octanol–water partition coefficient (Wildman–Crippen LogP) is 0.351. The molecule has 0 atom stereocenters. The largest absolute Gasteiger partial charge is 0.315 e. The second kappa shape index (κ2) is 7.25. The third kappa shape index (κ3) is 4.03. The van der Waals surface area contributed by atoms with Crippen LogP contribution in [0.25, 0.3) is 0 Å². The van der Waals surface area contributed by atoms with E-state index in [0.717, 1.165) is 37.0 Å². The van der Waals surface area contributed by atoms with Crippen LogP contribution in [0.4, 0.5) is 0 Å². The molecule has 0 aliphatic carbocycles. The van der Waals surface area contributed by atoms with Gasteiger partial charge >= 0.3 is 0 Å². The summed E-state index contributed by atoms with van der Waals surface area (Å²) >= 11 is 1.68. The molecule has 0 bridgehead atoms. The first kappa shape index (κ1) is 14.0. The van der Waals surface area contributed by atoms with Crippen LogP contribution >= 0.6 is 11.8 Å². The fourth-order valence-electron chi connectivity index (χ4n) is 1.70. The van der Waals surface area contributed by atoms with Gasteiger partial charge in [-0.15, -0.1) is 5.10 Å². The fourth-order valence-corrected chi connectivity index (χ4v) is 2.56. The molecule has 0 radical (unpaired) electrons. The van der Waals surface area contributed by atoms with Gasteiger partial charge in [0, 0.05) is 31.2 Å². The molecule has 0 amide bonds. The van der Waals surface area contributed by atoms with Gasteiger partial charge < -0.3 is 5.32 Å². The van der Waals surface area contributed by atoms with Crippen molar-refractivity contribution in [1.29, 1.82) is 0 Å². The predicted molar refractivity (Wildman–Crippen MR) is 74.0 cm³/mol. The summed E-state index contributed by atoms with van der Waals surface area (Å²) in [6, 6.07) is 2.04. The number of tetrazole rings is 1. The lowest BCUT2D eigenvalue weighted by Crippen LogP contribution is -2.20. The summed E-state index contributed by atoms with van der Waals surface area (Å²) in [4.78, 5) is 0. The van der Waals surface area contributed by atoms with Crippen molar-refractivity contribution in [2.24, 2.45) is 7.05 Å². The van der Waals surface area contributed by atoms with Crippen molar-refractivity contribution >= 4 is 11.8 Å². The standard InChI is InChI=1S/C11H19N7S/c1-3-12-7-8-18-11(14-15-16-18)19-9-5-10-4-6-13-17(10)2/h4,6,12H,3,5,7-9H2,1-2H3. The third-order valence-electron chi connectivity index (χ3n) is 2.76. The van der Waals surface area contributed by atoms with Gasteiger partial charge in [0.2, 0.25) is 5.16 Å². The second-order valence-electron chi connectivity index (χ2n) is 4.08. The van der Waals surface area contributed by atoms with Gasteiger partial charge in [0.05, 0.1) is 6.54 Å². The van der Waals surface area contributed by atoms with Crippen LogP contribution in [0.2, 0.25) is 0 Å². The highest BCUT2D eigenvalue weighted by Crippen LogP contribution is 2.15. The van der Waals surface area contributed by atoms with E-state index in [1.165, 1.54) is 5.69 Å².